The van der Waals surface area contributed by atoms with Crippen LogP contribution in [-0.4, -0.2) is 49.4 Å². The lowest BCUT2D eigenvalue weighted by Gasteiger charge is -2.35. The third-order valence-corrected chi connectivity index (χ3v) is 4.41. The SMILES string of the molecule is C=C(CCC([N+](C)(C)CC)S(=O)(=O)O)C(=O)[O-]. The van der Waals surface area contributed by atoms with Crippen LogP contribution in [0.25, 0.3) is 0 Å². The molecule has 0 rings (SSSR count). The van der Waals surface area contributed by atoms with E-state index in [1.54, 1.807) is 21.0 Å². The first-order valence-electron chi connectivity index (χ1n) is 5.20. The van der Waals surface area contributed by atoms with Crippen LogP contribution in [0.2, 0.25) is 0 Å². The van der Waals surface area contributed by atoms with Crippen LogP contribution < -0.4 is 5.11 Å². The molecule has 1 unspecified atom stereocenters. The summed E-state index contributed by atoms with van der Waals surface area (Å²) in [6.45, 7) is 5.54. The minimum atomic E-state index is -4.24. The molecule has 0 bridgehead atoms. The lowest BCUT2D eigenvalue weighted by molar-refractivity contribution is -0.900. The molecule has 17 heavy (non-hydrogen) atoms. The fraction of sp³-hybridized carbons (Fsp3) is 0.700. The molecule has 0 saturated carbocycles. The van der Waals surface area contributed by atoms with Crippen LogP contribution in [-0.2, 0) is 14.9 Å². The molecular formula is C10H19NO5S. The van der Waals surface area contributed by atoms with E-state index in [0.29, 0.717) is 6.54 Å². The number of nitrogens with zero attached hydrogens (tertiary/aromatic N) is 1. The Labute approximate surface area is 102 Å². The highest BCUT2D eigenvalue weighted by Gasteiger charge is 2.37. The van der Waals surface area contributed by atoms with E-state index in [1.807, 2.05) is 0 Å². The zero-order valence-corrected chi connectivity index (χ0v) is 11.2. The zero-order chi connectivity index (χ0) is 13.9. The Balaban J connectivity index is 4.89. The Bertz CT molecular complexity index is 399. The van der Waals surface area contributed by atoms with Crippen molar-refractivity contribution in [1.82, 2.24) is 0 Å². The number of carboxylic acid groups (broad SMARTS) is 1. The van der Waals surface area contributed by atoms with Crippen molar-refractivity contribution in [3.63, 3.8) is 0 Å². The molecular weight excluding hydrogens is 246 g/mol. The second-order valence-corrected chi connectivity index (χ2v) is 6.07. The third-order valence-electron chi connectivity index (χ3n) is 2.92. The van der Waals surface area contributed by atoms with Crippen molar-refractivity contribution < 1.29 is 27.4 Å². The van der Waals surface area contributed by atoms with E-state index in [9.17, 15) is 18.3 Å². The molecule has 0 aliphatic rings. The van der Waals surface area contributed by atoms with Crippen LogP contribution in [0.15, 0.2) is 12.2 Å². The first-order valence-corrected chi connectivity index (χ1v) is 6.70. The highest BCUT2D eigenvalue weighted by atomic mass is 32.2. The van der Waals surface area contributed by atoms with E-state index in [0.717, 1.165) is 0 Å². The molecule has 0 aromatic carbocycles. The predicted molar refractivity (Wildman–Crippen MR) is 61.4 cm³/mol. The fourth-order valence-corrected chi connectivity index (χ4v) is 2.75. The van der Waals surface area contributed by atoms with Gasteiger partial charge in [0.2, 0.25) is 5.37 Å². The largest absolute Gasteiger partial charge is 0.545 e. The van der Waals surface area contributed by atoms with Crippen molar-refractivity contribution in [1.29, 1.82) is 0 Å². The molecule has 100 valence electrons. The van der Waals surface area contributed by atoms with Crippen molar-refractivity contribution >= 4 is 16.1 Å². The van der Waals surface area contributed by atoms with E-state index >= 15 is 0 Å². The maximum absolute atomic E-state index is 11.3. The highest BCUT2D eigenvalue weighted by molar-refractivity contribution is 7.86. The van der Waals surface area contributed by atoms with Crippen LogP contribution in [0.4, 0.5) is 0 Å². The maximum atomic E-state index is 11.3. The van der Waals surface area contributed by atoms with Gasteiger partial charge in [-0.2, -0.15) is 8.42 Å². The molecule has 1 N–H and O–H groups in total. The van der Waals surface area contributed by atoms with Gasteiger partial charge in [0.1, 0.15) is 0 Å². The summed E-state index contributed by atoms with van der Waals surface area (Å²) in [6.07, 6.45) is -0.0407. The summed E-state index contributed by atoms with van der Waals surface area (Å²) < 4.78 is 31.7. The minimum absolute atomic E-state index is 0.00745. The van der Waals surface area contributed by atoms with Gasteiger partial charge in [-0.15, -0.1) is 0 Å². The Morgan fingerprint density at radius 3 is 2.24 bits per heavy atom. The van der Waals surface area contributed by atoms with Crippen molar-refractivity contribution in [3.8, 4) is 0 Å². The topological polar surface area (TPSA) is 94.5 Å². The van der Waals surface area contributed by atoms with Crippen LogP contribution in [0, 0.1) is 0 Å². The molecule has 1 atom stereocenters. The Hall–Kier alpha value is -0.920. The molecule has 0 saturated heterocycles. The number of rotatable bonds is 7. The summed E-state index contributed by atoms with van der Waals surface area (Å²) in [6, 6.07) is 0. The summed E-state index contributed by atoms with van der Waals surface area (Å²) in [5, 5.41) is 9.39. The summed E-state index contributed by atoms with van der Waals surface area (Å²) in [7, 11) is -0.932. The minimum Gasteiger partial charge on any atom is -0.545 e. The molecule has 0 radical (unpaired) electrons. The van der Waals surface area contributed by atoms with Gasteiger partial charge >= 0.3 is 10.1 Å². The van der Waals surface area contributed by atoms with Crippen molar-refractivity contribution in [2.45, 2.75) is 25.1 Å². The van der Waals surface area contributed by atoms with Crippen molar-refractivity contribution in [2.75, 3.05) is 20.6 Å². The van der Waals surface area contributed by atoms with E-state index in [-0.39, 0.29) is 22.9 Å². The Morgan fingerprint density at radius 2 is 1.94 bits per heavy atom. The van der Waals surface area contributed by atoms with Gasteiger partial charge in [-0.3, -0.25) is 4.55 Å². The third kappa shape index (κ3) is 4.84. The van der Waals surface area contributed by atoms with E-state index in [1.165, 1.54) is 0 Å². The second kappa shape index (κ2) is 5.61. The monoisotopic (exact) mass is 265 g/mol. The lowest BCUT2D eigenvalue weighted by Crippen LogP contribution is -2.52. The van der Waals surface area contributed by atoms with Crippen LogP contribution >= 0.6 is 0 Å². The van der Waals surface area contributed by atoms with Gasteiger partial charge < -0.3 is 14.4 Å². The average molecular weight is 265 g/mol. The zero-order valence-electron chi connectivity index (χ0n) is 10.3. The Morgan fingerprint density at radius 1 is 1.47 bits per heavy atom. The number of aliphatic carboxylic acids is 1. The van der Waals surface area contributed by atoms with Gasteiger partial charge in [-0.05, 0) is 18.9 Å². The standard InChI is InChI=1S/C10H19NO5S/c1-5-11(3,4)9(17(14,15)16)7-6-8(2)10(12)13/h9H,2,5-7H2,1,3-4H3,(H-,12,13,14,15,16). The fourth-order valence-electron chi connectivity index (χ4n) is 1.46. The normalized spacial score (nSPS) is 14.4. The molecule has 0 aliphatic carbocycles. The summed E-state index contributed by atoms with van der Waals surface area (Å²) >= 11 is 0. The number of carbonyl (C=O) groups is 1. The molecule has 0 fully saturated rings. The molecule has 0 spiro atoms. The Kier molecular flexibility index (Phi) is 5.31. The number of hydrogen-bond acceptors (Lipinski definition) is 4. The molecule has 0 heterocycles. The van der Waals surface area contributed by atoms with E-state index < -0.39 is 21.5 Å². The molecule has 0 aliphatic heterocycles. The molecule has 7 heteroatoms. The molecule has 0 amide bonds. The van der Waals surface area contributed by atoms with Gasteiger partial charge in [0.05, 0.1) is 26.6 Å². The quantitative estimate of drug-likeness (QED) is 0.376. The predicted octanol–water partition coefficient (Wildman–Crippen LogP) is -0.617. The first-order chi connectivity index (χ1) is 7.52. The summed E-state index contributed by atoms with van der Waals surface area (Å²) in [5.74, 6) is -1.40. The number of carbonyl (C=O) groups excluding carboxylic acids is 1. The molecule has 0 aromatic heterocycles. The smallest absolute Gasteiger partial charge is 0.319 e. The first kappa shape index (κ1) is 16.1. The van der Waals surface area contributed by atoms with Gasteiger partial charge in [0.25, 0.3) is 0 Å². The highest BCUT2D eigenvalue weighted by Crippen LogP contribution is 2.19. The van der Waals surface area contributed by atoms with Crippen molar-refractivity contribution in [3.05, 3.63) is 12.2 Å². The van der Waals surface area contributed by atoms with E-state index in [4.69, 9.17) is 4.55 Å². The number of quaternary nitrogens is 1. The van der Waals surface area contributed by atoms with Gasteiger partial charge in [0.15, 0.2) is 0 Å². The summed E-state index contributed by atoms with van der Waals surface area (Å²) in [4.78, 5) is 10.5. The lowest BCUT2D eigenvalue weighted by atomic mass is 10.1. The average Bonchev–Trinajstić information content (AvgIpc) is 2.15. The number of hydrogen-bond donors (Lipinski definition) is 1. The van der Waals surface area contributed by atoms with E-state index in [2.05, 4.69) is 6.58 Å². The maximum Gasteiger partial charge on any atom is 0.319 e. The van der Waals surface area contributed by atoms with Crippen LogP contribution in [0.3, 0.4) is 0 Å². The number of carboxylic acids is 1. The molecule has 0 aromatic rings. The van der Waals surface area contributed by atoms with Gasteiger partial charge in [-0.25, -0.2) is 0 Å². The van der Waals surface area contributed by atoms with Gasteiger partial charge in [-0.1, -0.05) is 6.58 Å². The van der Waals surface area contributed by atoms with Crippen LogP contribution in [0.5, 0.6) is 0 Å². The van der Waals surface area contributed by atoms with Crippen LogP contribution in [0.1, 0.15) is 19.8 Å². The van der Waals surface area contributed by atoms with Crippen molar-refractivity contribution in [2.24, 2.45) is 0 Å². The second-order valence-electron chi connectivity index (χ2n) is 4.49. The summed E-state index contributed by atoms with van der Waals surface area (Å²) in [5.41, 5.74) is -0.172. The van der Waals surface area contributed by atoms with Gasteiger partial charge in [0, 0.05) is 6.42 Å². The molecule has 6 nitrogen and oxygen atoms in total.